The van der Waals surface area contributed by atoms with Crippen LogP contribution in [0, 0.1) is 0 Å². The number of ether oxygens (including phenoxy) is 1. The van der Waals surface area contributed by atoms with Gasteiger partial charge in [0.25, 0.3) is 5.91 Å². The summed E-state index contributed by atoms with van der Waals surface area (Å²) in [5, 5.41) is 5.36. The van der Waals surface area contributed by atoms with Gasteiger partial charge in [0.05, 0.1) is 18.5 Å². The van der Waals surface area contributed by atoms with Crippen molar-refractivity contribution < 1.29 is 17.9 Å². The number of para-hydroxylation sites is 1. The SMILES string of the molecule is CS(=O)(=O)N(Cc1ccc(C(=O)Nc2ccc3c4c(cccc24)CC3)cc1)c1ccc(Oc2ccccc2)cc1. The summed E-state index contributed by atoms with van der Waals surface area (Å²) in [6.07, 6.45) is 3.24. The fourth-order valence-corrected chi connectivity index (χ4v) is 6.07. The molecule has 0 saturated carbocycles. The largest absolute Gasteiger partial charge is 0.457 e. The Labute approximate surface area is 233 Å². The second-order valence-corrected chi connectivity index (χ2v) is 11.8. The zero-order valence-corrected chi connectivity index (χ0v) is 22.8. The topological polar surface area (TPSA) is 75.7 Å². The normalized spacial score (nSPS) is 12.3. The summed E-state index contributed by atoms with van der Waals surface area (Å²) in [6, 6.07) is 33.6. The monoisotopic (exact) mass is 548 g/mol. The quantitative estimate of drug-likeness (QED) is 0.228. The highest BCUT2D eigenvalue weighted by Crippen LogP contribution is 2.35. The Hall–Kier alpha value is -4.62. The first-order valence-corrected chi connectivity index (χ1v) is 14.9. The van der Waals surface area contributed by atoms with Gasteiger partial charge in [-0.2, -0.15) is 0 Å². The van der Waals surface area contributed by atoms with E-state index in [2.05, 4.69) is 17.4 Å². The van der Waals surface area contributed by atoms with Crippen LogP contribution in [0.3, 0.4) is 0 Å². The van der Waals surface area contributed by atoms with E-state index in [-0.39, 0.29) is 12.5 Å². The molecule has 7 heteroatoms. The third-order valence-corrected chi connectivity index (χ3v) is 8.31. The molecule has 1 aliphatic carbocycles. The van der Waals surface area contributed by atoms with Crippen LogP contribution < -0.4 is 14.4 Å². The van der Waals surface area contributed by atoms with E-state index in [1.165, 1.54) is 27.1 Å². The third kappa shape index (κ3) is 5.28. The summed E-state index contributed by atoms with van der Waals surface area (Å²) in [4.78, 5) is 13.1. The van der Waals surface area contributed by atoms with Gasteiger partial charge in [0.15, 0.2) is 0 Å². The van der Waals surface area contributed by atoms with Gasteiger partial charge in [0.1, 0.15) is 11.5 Å². The summed E-state index contributed by atoms with van der Waals surface area (Å²) in [6.45, 7) is 0.133. The smallest absolute Gasteiger partial charge is 0.255 e. The average Bonchev–Trinajstić information content (AvgIpc) is 3.38. The van der Waals surface area contributed by atoms with Crippen molar-refractivity contribution in [2.75, 3.05) is 15.9 Å². The minimum atomic E-state index is -3.56. The first-order chi connectivity index (χ1) is 19.3. The highest BCUT2D eigenvalue weighted by atomic mass is 32.2. The predicted octanol–water partition coefficient (Wildman–Crippen LogP) is 6.95. The molecule has 0 aromatic heterocycles. The highest BCUT2D eigenvalue weighted by Gasteiger charge is 2.20. The van der Waals surface area contributed by atoms with Gasteiger partial charge in [-0.1, -0.05) is 54.6 Å². The first-order valence-electron chi connectivity index (χ1n) is 13.1. The Bertz CT molecular complexity index is 1790. The van der Waals surface area contributed by atoms with Crippen molar-refractivity contribution in [1.29, 1.82) is 0 Å². The summed E-state index contributed by atoms with van der Waals surface area (Å²) >= 11 is 0. The van der Waals surface area contributed by atoms with Crippen LogP contribution in [0.25, 0.3) is 10.8 Å². The lowest BCUT2D eigenvalue weighted by atomic mass is 10.0. The first kappa shape index (κ1) is 25.6. The van der Waals surface area contributed by atoms with Gasteiger partial charge in [0, 0.05) is 16.6 Å². The maximum absolute atomic E-state index is 13.1. The Balaban J connectivity index is 1.17. The van der Waals surface area contributed by atoms with Crippen LogP contribution in [-0.4, -0.2) is 20.6 Å². The van der Waals surface area contributed by atoms with Gasteiger partial charge in [-0.05, 0) is 89.5 Å². The van der Waals surface area contributed by atoms with E-state index >= 15 is 0 Å². The number of anilines is 2. The molecule has 0 heterocycles. The molecule has 0 unspecified atom stereocenters. The number of aryl methyl sites for hydroxylation is 2. The van der Waals surface area contributed by atoms with Crippen LogP contribution in [0.5, 0.6) is 11.5 Å². The van der Waals surface area contributed by atoms with Crippen LogP contribution in [0.1, 0.15) is 27.0 Å². The molecule has 1 N–H and O–H groups in total. The molecular weight excluding hydrogens is 520 g/mol. The van der Waals surface area contributed by atoms with Crippen LogP contribution >= 0.6 is 0 Å². The molecule has 0 aliphatic heterocycles. The van der Waals surface area contributed by atoms with Gasteiger partial charge < -0.3 is 10.1 Å². The lowest BCUT2D eigenvalue weighted by Crippen LogP contribution is -2.29. The summed E-state index contributed by atoms with van der Waals surface area (Å²) in [7, 11) is -3.56. The molecule has 0 atom stereocenters. The van der Waals surface area contributed by atoms with E-state index < -0.39 is 10.0 Å². The molecule has 1 aliphatic rings. The number of carbonyl (C=O) groups is 1. The van der Waals surface area contributed by atoms with E-state index in [9.17, 15) is 13.2 Å². The third-order valence-electron chi connectivity index (χ3n) is 7.17. The maximum atomic E-state index is 13.1. The van der Waals surface area contributed by atoms with Crippen LogP contribution in [0.2, 0.25) is 0 Å². The number of hydrogen-bond donors (Lipinski definition) is 1. The van der Waals surface area contributed by atoms with Crippen molar-refractivity contribution in [3.05, 3.63) is 131 Å². The second-order valence-electron chi connectivity index (χ2n) is 9.94. The fourth-order valence-electron chi connectivity index (χ4n) is 5.18. The maximum Gasteiger partial charge on any atom is 0.255 e. The number of nitrogens with zero attached hydrogens (tertiary/aromatic N) is 1. The highest BCUT2D eigenvalue weighted by molar-refractivity contribution is 7.92. The van der Waals surface area contributed by atoms with Crippen molar-refractivity contribution in [2.45, 2.75) is 19.4 Å². The number of sulfonamides is 1. The number of rotatable bonds is 8. The Morgan fingerprint density at radius 3 is 2.15 bits per heavy atom. The molecule has 40 heavy (non-hydrogen) atoms. The number of amides is 1. The van der Waals surface area contributed by atoms with Crippen molar-refractivity contribution in [3.8, 4) is 11.5 Å². The van der Waals surface area contributed by atoms with Gasteiger partial charge >= 0.3 is 0 Å². The van der Waals surface area contributed by atoms with Gasteiger partial charge in [-0.25, -0.2) is 8.42 Å². The summed E-state index contributed by atoms with van der Waals surface area (Å²) < 4.78 is 32.5. The van der Waals surface area contributed by atoms with Crippen molar-refractivity contribution >= 4 is 38.1 Å². The fraction of sp³-hybridized carbons (Fsp3) is 0.121. The van der Waals surface area contributed by atoms with Crippen LogP contribution in [0.4, 0.5) is 11.4 Å². The minimum Gasteiger partial charge on any atom is -0.457 e. The van der Waals surface area contributed by atoms with Gasteiger partial charge in [0.2, 0.25) is 10.0 Å². The molecular formula is C33H28N2O4S. The standard InChI is InChI=1S/C33H28N2O4S/c1-40(37,38)35(27-17-19-29(20-18-27)39-28-7-3-2-4-8-28)22-23-10-12-26(13-11-23)33(36)34-31-21-16-25-15-14-24-6-5-9-30(31)32(24)25/h2-13,16-21H,14-15,22H2,1H3,(H,34,36). The van der Waals surface area contributed by atoms with E-state index in [1.807, 2.05) is 48.5 Å². The number of benzene rings is 5. The van der Waals surface area contributed by atoms with E-state index in [1.54, 1.807) is 48.5 Å². The molecule has 1 amide bonds. The van der Waals surface area contributed by atoms with Crippen LogP contribution in [0.15, 0.2) is 109 Å². The molecule has 5 aromatic carbocycles. The van der Waals surface area contributed by atoms with Crippen molar-refractivity contribution in [2.24, 2.45) is 0 Å². The van der Waals surface area contributed by atoms with E-state index in [0.29, 0.717) is 22.7 Å². The lowest BCUT2D eigenvalue weighted by molar-refractivity contribution is 0.102. The molecule has 0 spiro atoms. The molecule has 0 saturated heterocycles. The zero-order valence-electron chi connectivity index (χ0n) is 22.0. The number of carbonyl (C=O) groups excluding carboxylic acids is 1. The second kappa shape index (κ2) is 10.5. The molecule has 0 fully saturated rings. The van der Waals surface area contributed by atoms with Gasteiger partial charge in [-0.15, -0.1) is 0 Å². The van der Waals surface area contributed by atoms with Crippen molar-refractivity contribution in [3.63, 3.8) is 0 Å². The molecule has 200 valence electrons. The Morgan fingerprint density at radius 1 is 0.775 bits per heavy atom. The Kier molecular flexibility index (Phi) is 6.74. The molecule has 0 bridgehead atoms. The summed E-state index contributed by atoms with van der Waals surface area (Å²) in [5.74, 6) is 1.10. The Morgan fingerprint density at radius 2 is 1.45 bits per heavy atom. The zero-order chi connectivity index (χ0) is 27.7. The number of nitrogens with one attached hydrogen (secondary N) is 1. The predicted molar refractivity (Wildman–Crippen MR) is 160 cm³/mol. The van der Waals surface area contributed by atoms with Crippen molar-refractivity contribution in [1.82, 2.24) is 0 Å². The molecule has 6 nitrogen and oxygen atoms in total. The molecule has 6 rings (SSSR count). The lowest BCUT2D eigenvalue weighted by Gasteiger charge is -2.23. The molecule has 5 aromatic rings. The summed E-state index contributed by atoms with van der Waals surface area (Å²) in [5.41, 5.74) is 5.22. The average molecular weight is 549 g/mol. The van der Waals surface area contributed by atoms with E-state index in [0.717, 1.165) is 29.5 Å². The minimum absolute atomic E-state index is 0.133. The van der Waals surface area contributed by atoms with Crippen LogP contribution in [-0.2, 0) is 29.4 Å². The van der Waals surface area contributed by atoms with Gasteiger partial charge in [-0.3, -0.25) is 9.10 Å². The molecule has 0 radical (unpaired) electrons. The number of hydrogen-bond acceptors (Lipinski definition) is 4. The van der Waals surface area contributed by atoms with E-state index in [4.69, 9.17) is 4.74 Å².